The molecule has 2 heterocycles. The Balaban J connectivity index is 1.58. The van der Waals surface area contributed by atoms with Gasteiger partial charge in [-0.05, 0) is 43.7 Å². The van der Waals surface area contributed by atoms with Crippen molar-refractivity contribution in [3.05, 3.63) is 27.7 Å². The number of halogens is 4. The molecule has 2 atom stereocenters. The molecule has 138 valence electrons. The monoisotopic (exact) mass is 392 g/mol. The van der Waals surface area contributed by atoms with Crippen molar-refractivity contribution in [2.24, 2.45) is 5.92 Å². The summed E-state index contributed by atoms with van der Waals surface area (Å²) in [5.74, 6) is 0.102. The van der Waals surface area contributed by atoms with Gasteiger partial charge in [-0.25, -0.2) is 0 Å². The number of carbonyl (C=O) groups excluding carboxylic acids is 1. The van der Waals surface area contributed by atoms with E-state index in [1.807, 2.05) is 0 Å². The van der Waals surface area contributed by atoms with Crippen molar-refractivity contribution in [1.82, 2.24) is 10.6 Å². The highest BCUT2D eigenvalue weighted by molar-refractivity contribution is 6.35. The topological polar surface area (TPSA) is 50.4 Å². The summed E-state index contributed by atoms with van der Waals surface area (Å²) in [6, 6.07) is 3.84. The number of nitrogens with one attached hydrogen (secondary N) is 2. The van der Waals surface area contributed by atoms with Gasteiger partial charge in [-0.3, -0.25) is 4.79 Å². The zero-order valence-corrected chi connectivity index (χ0v) is 15.0. The highest BCUT2D eigenvalue weighted by atomic mass is 35.5. The lowest BCUT2D eigenvalue weighted by Crippen LogP contribution is -2.39. The summed E-state index contributed by atoms with van der Waals surface area (Å²) < 4.78 is 29.6. The van der Waals surface area contributed by atoms with Gasteiger partial charge in [0, 0.05) is 35.6 Å². The minimum absolute atomic E-state index is 0.00743. The molecule has 0 radical (unpaired) electrons. The molecule has 0 spiro atoms. The van der Waals surface area contributed by atoms with Crippen LogP contribution < -0.4 is 15.4 Å². The Labute approximate surface area is 155 Å². The minimum Gasteiger partial charge on any atom is -0.433 e. The van der Waals surface area contributed by atoms with Gasteiger partial charge >= 0.3 is 6.61 Å². The highest BCUT2D eigenvalue weighted by Crippen LogP contribution is 2.34. The molecular weight excluding hydrogens is 373 g/mol. The predicted octanol–water partition coefficient (Wildman–Crippen LogP) is 4.13. The minimum atomic E-state index is -3.00. The quantitative estimate of drug-likeness (QED) is 0.764. The van der Waals surface area contributed by atoms with Gasteiger partial charge in [0.05, 0.1) is 5.02 Å². The standard InChI is InChI=1S/C17H20Cl2F2N2O2/c18-11-6-10(16(14(19)7-11)25-17(20)21)8-22-15(24)5-9-3-12-1-2-13(4-9)23-12/h6-7,9,12-13,17,23H,1-5,8H2,(H,22,24). The van der Waals surface area contributed by atoms with E-state index in [1.165, 1.54) is 25.0 Å². The van der Waals surface area contributed by atoms with Gasteiger partial charge in [0.25, 0.3) is 0 Å². The first-order chi connectivity index (χ1) is 11.9. The van der Waals surface area contributed by atoms with E-state index in [0.29, 0.717) is 35.0 Å². The third kappa shape index (κ3) is 4.96. The number of piperidine rings is 1. The number of alkyl halides is 2. The van der Waals surface area contributed by atoms with Gasteiger partial charge in [0.1, 0.15) is 5.75 Å². The lowest BCUT2D eigenvalue weighted by atomic mass is 9.89. The maximum absolute atomic E-state index is 12.6. The molecule has 4 nitrogen and oxygen atoms in total. The van der Waals surface area contributed by atoms with Gasteiger partial charge in [-0.15, -0.1) is 0 Å². The summed E-state index contributed by atoms with van der Waals surface area (Å²) in [6.45, 7) is -2.96. The highest BCUT2D eigenvalue weighted by Gasteiger charge is 2.34. The van der Waals surface area contributed by atoms with Crippen molar-refractivity contribution in [2.45, 2.75) is 57.3 Å². The summed E-state index contributed by atoms with van der Waals surface area (Å²) in [4.78, 5) is 12.2. The molecule has 2 N–H and O–H groups in total. The fraction of sp³-hybridized carbons (Fsp3) is 0.588. The summed E-state index contributed by atoms with van der Waals surface area (Å²) in [5, 5.41) is 6.59. The molecule has 1 aromatic rings. The zero-order chi connectivity index (χ0) is 18.0. The third-order valence-electron chi connectivity index (χ3n) is 4.81. The largest absolute Gasteiger partial charge is 0.433 e. The fourth-order valence-corrected chi connectivity index (χ4v) is 4.42. The van der Waals surface area contributed by atoms with Gasteiger partial charge in [-0.1, -0.05) is 23.2 Å². The fourth-order valence-electron chi connectivity index (χ4n) is 3.84. The molecule has 2 saturated heterocycles. The van der Waals surface area contributed by atoms with E-state index in [9.17, 15) is 13.6 Å². The van der Waals surface area contributed by atoms with Crippen LogP contribution in [0, 0.1) is 5.92 Å². The molecule has 0 saturated carbocycles. The van der Waals surface area contributed by atoms with Crippen molar-refractivity contribution in [2.75, 3.05) is 0 Å². The van der Waals surface area contributed by atoms with Crippen molar-refractivity contribution >= 4 is 29.1 Å². The molecule has 2 fully saturated rings. The maximum atomic E-state index is 12.6. The SMILES string of the molecule is O=C(CC1CC2CCC(C1)N2)NCc1cc(Cl)cc(Cl)c1OC(F)F. The molecule has 1 amide bonds. The van der Waals surface area contributed by atoms with Crippen LogP contribution >= 0.6 is 23.2 Å². The van der Waals surface area contributed by atoms with Crippen LogP contribution in [0.2, 0.25) is 10.0 Å². The second kappa shape index (κ2) is 8.06. The molecule has 2 aliphatic heterocycles. The molecule has 8 heteroatoms. The Morgan fingerprint density at radius 1 is 1.28 bits per heavy atom. The normalized spacial score (nSPS) is 25.2. The van der Waals surface area contributed by atoms with Crippen LogP contribution in [0.15, 0.2) is 12.1 Å². The molecule has 2 aliphatic rings. The lowest BCUT2D eigenvalue weighted by molar-refractivity contribution is -0.122. The molecule has 25 heavy (non-hydrogen) atoms. The van der Waals surface area contributed by atoms with E-state index < -0.39 is 6.61 Å². The average molecular weight is 393 g/mol. The Morgan fingerprint density at radius 3 is 2.60 bits per heavy atom. The second-order valence-electron chi connectivity index (χ2n) is 6.71. The Hall–Kier alpha value is -1.11. The van der Waals surface area contributed by atoms with Crippen LogP contribution in [0.1, 0.15) is 37.7 Å². The van der Waals surface area contributed by atoms with Crippen molar-refractivity contribution in [3.8, 4) is 5.75 Å². The molecule has 1 aromatic carbocycles. The molecule has 0 aliphatic carbocycles. The van der Waals surface area contributed by atoms with Crippen LogP contribution in [-0.2, 0) is 11.3 Å². The zero-order valence-electron chi connectivity index (χ0n) is 13.5. The van der Waals surface area contributed by atoms with Crippen molar-refractivity contribution < 1.29 is 18.3 Å². The van der Waals surface area contributed by atoms with Crippen LogP contribution in [0.4, 0.5) is 8.78 Å². The van der Waals surface area contributed by atoms with Gasteiger partial charge in [0.2, 0.25) is 5.91 Å². The first-order valence-electron chi connectivity index (χ1n) is 8.36. The number of carbonyl (C=O) groups is 1. The number of fused-ring (bicyclic) bond motifs is 2. The van der Waals surface area contributed by atoms with Crippen molar-refractivity contribution in [1.29, 1.82) is 0 Å². The maximum Gasteiger partial charge on any atom is 0.387 e. The van der Waals surface area contributed by atoms with Gasteiger partial charge < -0.3 is 15.4 Å². The molecule has 0 aromatic heterocycles. The van der Waals surface area contributed by atoms with E-state index in [0.717, 1.165) is 12.8 Å². The second-order valence-corrected chi connectivity index (χ2v) is 7.55. The third-order valence-corrected chi connectivity index (χ3v) is 5.31. The van der Waals surface area contributed by atoms with E-state index in [1.54, 1.807) is 0 Å². The summed E-state index contributed by atoms with van der Waals surface area (Å²) >= 11 is 11.8. The van der Waals surface area contributed by atoms with E-state index in [-0.39, 0.29) is 23.2 Å². The van der Waals surface area contributed by atoms with Gasteiger partial charge in [0.15, 0.2) is 0 Å². The van der Waals surface area contributed by atoms with Crippen LogP contribution in [0.3, 0.4) is 0 Å². The number of hydrogen-bond donors (Lipinski definition) is 2. The Bertz CT molecular complexity index is 633. The number of benzene rings is 1. The first kappa shape index (κ1) is 18.7. The van der Waals surface area contributed by atoms with E-state index >= 15 is 0 Å². The smallest absolute Gasteiger partial charge is 0.387 e. The summed E-state index contributed by atoms with van der Waals surface area (Å²) in [5.41, 5.74) is 0.330. The van der Waals surface area contributed by atoms with Crippen molar-refractivity contribution in [3.63, 3.8) is 0 Å². The van der Waals surface area contributed by atoms with Crippen LogP contribution in [0.25, 0.3) is 0 Å². The number of ether oxygens (including phenoxy) is 1. The number of amides is 1. The van der Waals surface area contributed by atoms with Crippen LogP contribution in [0.5, 0.6) is 5.75 Å². The summed E-state index contributed by atoms with van der Waals surface area (Å²) in [6.07, 6.45) is 4.81. The van der Waals surface area contributed by atoms with Gasteiger partial charge in [-0.2, -0.15) is 8.78 Å². The number of rotatable bonds is 6. The molecular formula is C17H20Cl2F2N2O2. The predicted molar refractivity (Wildman–Crippen MR) is 92.2 cm³/mol. The molecule has 2 unspecified atom stereocenters. The van der Waals surface area contributed by atoms with E-state index in [2.05, 4.69) is 15.4 Å². The summed E-state index contributed by atoms with van der Waals surface area (Å²) in [7, 11) is 0. The first-order valence-corrected chi connectivity index (χ1v) is 9.11. The molecule has 3 rings (SSSR count). The lowest BCUT2D eigenvalue weighted by Gasteiger charge is -2.28. The van der Waals surface area contributed by atoms with Crippen LogP contribution in [-0.4, -0.2) is 24.6 Å². The molecule has 2 bridgehead atoms. The van der Waals surface area contributed by atoms with E-state index in [4.69, 9.17) is 23.2 Å². The Morgan fingerprint density at radius 2 is 1.96 bits per heavy atom. The number of hydrogen-bond acceptors (Lipinski definition) is 3. The Kier molecular flexibility index (Phi) is 6.02. The average Bonchev–Trinajstić information content (AvgIpc) is 2.86.